The second kappa shape index (κ2) is 3.23. The average Bonchev–Trinajstić information content (AvgIpc) is 1.86. The second-order valence-corrected chi connectivity index (χ2v) is 4.56. The molecule has 0 bridgehead atoms. The first-order valence-corrected chi connectivity index (χ1v) is 5.41. The zero-order valence-electron chi connectivity index (χ0n) is 6.60. The minimum atomic E-state index is -3.96. The summed E-state index contributed by atoms with van der Waals surface area (Å²) in [5.41, 5.74) is 0. The molecule has 0 aliphatic carbocycles. The number of hydrogen-bond donors (Lipinski definition) is 2. The molecule has 1 aliphatic heterocycles. The van der Waals surface area contributed by atoms with Gasteiger partial charge >= 0.3 is 7.75 Å². The summed E-state index contributed by atoms with van der Waals surface area (Å²) in [4.78, 5) is 17.7. The lowest BCUT2D eigenvalue weighted by Crippen LogP contribution is -2.34. The molecule has 1 unspecified atom stereocenters. The summed E-state index contributed by atoms with van der Waals surface area (Å²) in [5.74, 6) is 0. The molecule has 66 valence electrons. The van der Waals surface area contributed by atoms with Gasteiger partial charge in [0.1, 0.15) is 0 Å². The molecule has 2 N–H and O–H groups in total. The van der Waals surface area contributed by atoms with Crippen LogP contribution in [0.15, 0.2) is 0 Å². The lowest BCUT2D eigenvalue weighted by molar-refractivity contribution is 0.198. The number of nitrogens with zero attached hydrogens (tertiary/aromatic N) is 1. The molecule has 0 saturated carbocycles. The summed E-state index contributed by atoms with van der Waals surface area (Å²) < 4.78 is 12.1. The van der Waals surface area contributed by atoms with Gasteiger partial charge in [0, 0.05) is 12.6 Å². The molecule has 0 spiro atoms. The largest absolute Gasteiger partial charge is 0.403 e. The van der Waals surface area contributed by atoms with Gasteiger partial charge in [-0.3, -0.25) is 0 Å². The Hall–Kier alpha value is 0.110. The lowest BCUT2D eigenvalue weighted by Gasteiger charge is -2.32. The Balaban J connectivity index is 2.62. The summed E-state index contributed by atoms with van der Waals surface area (Å²) in [5, 5.41) is 0. The Morgan fingerprint density at radius 2 is 2.09 bits per heavy atom. The van der Waals surface area contributed by atoms with Crippen LogP contribution in [0.1, 0.15) is 26.2 Å². The third kappa shape index (κ3) is 2.27. The van der Waals surface area contributed by atoms with E-state index in [4.69, 9.17) is 9.79 Å². The zero-order chi connectivity index (χ0) is 8.48. The van der Waals surface area contributed by atoms with E-state index in [1.165, 1.54) is 4.67 Å². The van der Waals surface area contributed by atoms with Gasteiger partial charge in [0.15, 0.2) is 0 Å². The van der Waals surface area contributed by atoms with E-state index in [9.17, 15) is 4.57 Å². The molecule has 1 atom stereocenters. The molecule has 0 aromatic heterocycles. The monoisotopic (exact) mass is 179 g/mol. The molecule has 0 aromatic carbocycles. The zero-order valence-corrected chi connectivity index (χ0v) is 7.50. The van der Waals surface area contributed by atoms with Gasteiger partial charge in [-0.05, 0) is 19.8 Å². The van der Waals surface area contributed by atoms with Gasteiger partial charge < -0.3 is 9.79 Å². The van der Waals surface area contributed by atoms with Crippen LogP contribution >= 0.6 is 7.75 Å². The third-order valence-electron chi connectivity index (χ3n) is 2.10. The fourth-order valence-corrected chi connectivity index (χ4v) is 2.50. The molecule has 1 fully saturated rings. The van der Waals surface area contributed by atoms with E-state index in [0.29, 0.717) is 6.54 Å². The van der Waals surface area contributed by atoms with E-state index in [1.54, 1.807) is 0 Å². The SMILES string of the molecule is CC1CCCCN1P(=O)(O)O. The van der Waals surface area contributed by atoms with Gasteiger partial charge in [0.25, 0.3) is 0 Å². The van der Waals surface area contributed by atoms with Crippen molar-refractivity contribution in [3.63, 3.8) is 0 Å². The Labute approximate surface area is 66.4 Å². The maximum Gasteiger partial charge on any atom is 0.403 e. The predicted molar refractivity (Wildman–Crippen MR) is 42.1 cm³/mol. The van der Waals surface area contributed by atoms with Crippen LogP contribution in [0.4, 0.5) is 0 Å². The average molecular weight is 179 g/mol. The molecule has 0 amide bonds. The topological polar surface area (TPSA) is 60.8 Å². The fraction of sp³-hybridized carbons (Fsp3) is 1.00. The van der Waals surface area contributed by atoms with Crippen LogP contribution in [0.25, 0.3) is 0 Å². The Kier molecular flexibility index (Phi) is 2.70. The summed E-state index contributed by atoms with van der Waals surface area (Å²) in [7, 11) is -3.96. The van der Waals surface area contributed by atoms with Crippen molar-refractivity contribution < 1.29 is 14.4 Å². The van der Waals surface area contributed by atoms with Crippen molar-refractivity contribution in [2.24, 2.45) is 0 Å². The number of hydrogen-bond acceptors (Lipinski definition) is 1. The molecule has 11 heavy (non-hydrogen) atoms. The fourth-order valence-electron chi connectivity index (χ4n) is 1.47. The Morgan fingerprint density at radius 1 is 1.45 bits per heavy atom. The maximum atomic E-state index is 10.8. The van der Waals surface area contributed by atoms with Crippen LogP contribution in [0.5, 0.6) is 0 Å². The minimum absolute atomic E-state index is 0.0320. The summed E-state index contributed by atoms with van der Waals surface area (Å²) >= 11 is 0. The van der Waals surface area contributed by atoms with Crippen LogP contribution in [-0.2, 0) is 4.57 Å². The Morgan fingerprint density at radius 3 is 2.45 bits per heavy atom. The smallest absolute Gasteiger partial charge is 0.312 e. The van der Waals surface area contributed by atoms with Crippen molar-refractivity contribution in [1.82, 2.24) is 4.67 Å². The minimum Gasteiger partial charge on any atom is -0.312 e. The number of rotatable bonds is 1. The molecule has 4 nitrogen and oxygen atoms in total. The van der Waals surface area contributed by atoms with Crippen LogP contribution < -0.4 is 0 Å². The van der Waals surface area contributed by atoms with E-state index in [0.717, 1.165) is 19.3 Å². The summed E-state index contributed by atoms with van der Waals surface area (Å²) in [6.07, 6.45) is 2.87. The quantitative estimate of drug-likeness (QED) is 0.588. The van der Waals surface area contributed by atoms with Crippen LogP contribution in [0.2, 0.25) is 0 Å². The highest BCUT2D eigenvalue weighted by Crippen LogP contribution is 2.44. The first-order valence-electron chi connectivity index (χ1n) is 3.84. The van der Waals surface area contributed by atoms with Gasteiger partial charge in [-0.1, -0.05) is 6.42 Å². The molecule has 5 heteroatoms. The standard InChI is InChI=1S/C6H14NO3P/c1-6-4-2-3-5-7(6)11(8,9)10/h6H,2-5H2,1H3,(H2,8,9,10). The van der Waals surface area contributed by atoms with E-state index in [1.807, 2.05) is 6.92 Å². The van der Waals surface area contributed by atoms with Gasteiger partial charge in [0.2, 0.25) is 0 Å². The highest BCUT2D eigenvalue weighted by atomic mass is 31.2. The molecular weight excluding hydrogens is 165 g/mol. The van der Waals surface area contributed by atoms with Gasteiger partial charge in [-0.2, -0.15) is 0 Å². The molecule has 0 radical (unpaired) electrons. The van der Waals surface area contributed by atoms with Gasteiger partial charge in [-0.15, -0.1) is 0 Å². The molecule has 1 rings (SSSR count). The van der Waals surface area contributed by atoms with Crippen molar-refractivity contribution in [2.45, 2.75) is 32.2 Å². The maximum absolute atomic E-state index is 10.8. The van der Waals surface area contributed by atoms with Crippen molar-refractivity contribution >= 4 is 7.75 Å². The summed E-state index contributed by atoms with van der Waals surface area (Å²) in [6.45, 7) is 2.39. The first kappa shape index (κ1) is 9.20. The van der Waals surface area contributed by atoms with E-state index < -0.39 is 7.75 Å². The first-order chi connectivity index (χ1) is 5.02. The van der Waals surface area contributed by atoms with Gasteiger partial charge in [0.05, 0.1) is 0 Å². The van der Waals surface area contributed by atoms with E-state index in [-0.39, 0.29) is 6.04 Å². The van der Waals surface area contributed by atoms with Crippen LogP contribution in [-0.4, -0.2) is 27.0 Å². The second-order valence-electron chi connectivity index (χ2n) is 3.02. The number of piperidine rings is 1. The Bertz CT molecular complexity index is 179. The lowest BCUT2D eigenvalue weighted by atomic mass is 10.1. The predicted octanol–water partition coefficient (Wildman–Crippen LogP) is 0.953. The van der Waals surface area contributed by atoms with Crippen LogP contribution in [0, 0.1) is 0 Å². The van der Waals surface area contributed by atoms with E-state index >= 15 is 0 Å². The summed E-state index contributed by atoms with van der Waals surface area (Å²) in [6, 6.07) is 0.0320. The van der Waals surface area contributed by atoms with Crippen LogP contribution in [0.3, 0.4) is 0 Å². The highest BCUT2D eigenvalue weighted by Gasteiger charge is 2.31. The molecule has 1 heterocycles. The van der Waals surface area contributed by atoms with E-state index in [2.05, 4.69) is 0 Å². The molecule has 1 saturated heterocycles. The van der Waals surface area contributed by atoms with Gasteiger partial charge in [-0.25, -0.2) is 9.24 Å². The molecule has 0 aromatic rings. The molecule has 1 aliphatic rings. The van der Waals surface area contributed by atoms with Crippen molar-refractivity contribution in [2.75, 3.05) is 6.54 Å². The van der Waals surface area contributed by atoms with Crippen molar-refractivity contribution in [1.29, 1.82) is 0 Å². The van der Waals surface area contributed by atoms with Crippen molar-refractivity contribution in [3.8, 4) is 0 Å². The molecular formula is C6H14NO3P. The van der Waals surface area contributed by atoms with Crippen molar-refractivity contribution in [3.05, 3.63) is 0 Å². The highest BCUT2D eigenvalue weighted by molar-refractivity contribution is 7.49. The normalized spacial score (nSPS) is 28.8. The third-order valence-corrected chi connectivity index (χ3v) is 3.37.